The first kappa shape index (κ1) is 21.6. The maximum absolute atomic E-state index is 13.6. The molecule has 0 bridgehead atoms. The quantitative estimate of drug-likeness (QED) is 0.498. The second kappa shape index (κ2) is 8.88. The van der Waals surface area contributed by atoms with Gasteiger partial charge in [0.25, 0.3) is 0 Å². The molecule has 32 heavy (non-hydrogen) atoms. The molecule has 3 aromatic rings. The monoisotopic (exact) mass is 453 g/mol. The average molecular weight is 454 g/mol. The highest BCUT2D eigenvalue weighted by atomic mass is 35.5. The van der Waals surface area contributed by atoms with Gasteiger partial charge in [-0.05, 0) is 60.7 Å². The van der Waals surface area contributed by atoms with Crippen molar-refractivity contribution in [1.29, 1.82) is 0 Å². The minimum atomic E-state index is -0.541. The fourth-order valence-electron chi connectivity index (χ4n) is 3.63. The Morgan fingerprint density at radius 3 is 2.16 bits per heavy atom. The van der Waals surface area contributed by atoms with Gasteiger partial charge in [-0.3, -0.25) is 9.69 Å². The Balaban J connectivity index is 1.91. The summed E-state index contributed by atoms with van der Waals surface area (Å²) in [5.74, 6) is 0.749. The molecule has 0 amide bonds. The molecule has 1 aliphatic heterocycles. The highest BCUT2D eigenvalue weighted by Crippen LogP contribution is 2.41. The summed E-state index contributed by atoms with van der Waals surface area (Å²) >= 11 is 6.08. The fraction of sp³-hybridized carbons (Fsp3) is 0.167. The van der Waals surface area contributed by atoms with Crippen molar-refractivity contribution in [3.8, 4) is 11.5 Å². The van der Waals surface area contributed by atoms with Crippen molar-refractivity contribution in [1.82, 2.24) is 0 Å². The highest BCUT2D eigenvalue weighted by molar-refractivity contribution is 6.44. The van der Waals surface area contributed by atoms with E-state index < -0.39 is 6.17 Å². The van der Waals surface area contributed by atoms with Crippen LogP contribution in [0.3, 0.4) is 0 Å². The number of ether oxygens (including phenoxy) is 2. The zero-order chi connectivity index (χ0) is 22.8. The van der Waals surface area contributed by atoms with E-state index >= 15 is 0 Å². The molecule has 0 spiro atoms. The van der Waals surface area contributed by atoms with Crippen molar-refractivity contribution in [3.63, 3.8) is 0 Å². The Morgan fingerprint density at radius 1 is 0.938 bits per heavy atom. The predicted molar refractivity (Wildman–Crippen MR) is 123 cm³/mol. The number of carbonyl (C=O) groups excluding carboxylic acids is 1. The van der Waals surface area contributed by atoms with Gasteiger partial charge in [0, 0.05) is 23.2 Å². The van der Waals surface area contributed by atoms with E-state index in [1.54, 1.807) is 54.5 Å². The zero-order valence-electron chi connectivity index (χ0n) is 17.8. The summed E-state index contributed by atoms with van der Waals surface area (Å²) < 4.78 is 24.5. The second-order valence-corrected chi connectivity index (χ2v) is 7.57. The fourth-order valence-corrected chi connectivity index (χ4v) is 3.76. The van der Waals surface area contributed by atoms with E-state index in [1.165, 1.54) is 19.1 Å². The number of hydrazone groups is 1. The lowest BCUT2D eigenvalue weighted by atomic mass is 10.1. The number of hydrogen-bond acceptors (Lipinski definition) is 6. The number of Topliss-reactive ketones (excluding diaryl/α,β-unsaturated/α-hetero) is 1. The number of methoxy groups -OCH3 is 2. The van der Waals surface area contributed by atoms with Crippen molar-refractivity contribution in [3.05, 3.63) is 83.1 Å². The Bertz CT molecular complexity index is 1170. The molecule has 1 atom stereocenters. The largest absolute Gasteiger partial charge is 0.493 e. The highest BCUT2D eigenvalue weighted by Gasteiger charge is 2.39. The third kappa shape index (κ3) is 3.99. The van der Waals surface area contributed by atoms with Crippen LogP contribution in [-0.4, -0.2) is 25.8 Å². The van der Waals surface area contributed by atoms with Crippen molar-refractivity contribution in [2.75, 3.05) is 24.1 Å². The minimum absolute atomic E-state index is 0.226. The molecule has 164 valence electrons. The van der Waals surface area contributed by atoms with Crippen LogP contribution in [0.1, 0.15) is 18.7 Å². The molecule has 1 heterocycles. The molecule has 0 radical (unpaired) electrons. The SMILES string of the molecule is COc1ccc(C2N(c3ccc(Cl)cc3)N=C(C(C)=O)N2c2ccc(F)cc2)cc1OC. The lowest BCUT2D eigenvalue weighted by molar-refractivity contribution is -0.111. The Kier molecular flexibility index (Phi) is 6.01. The van der Waals surface area contributed by atoms with Gasteiger partial charge in [-0.15, -0.1) is 5.10 Å². The van der Waals surface area contributed by atoms with Gasteiger partial charge in [0.05, 0.1) is 19.9 Å². The molecule has 3 aromatic carbocycles. The van der Waals surface area contributed by atoms with Crippen molar-refractivity contribution >= 4 is 34.6 Å². The summed E-state index contributed by atoms with van der Waals surface area (Å²) in [4.78, 5) is 14.4. The van der Waals surface area contributed by atoms with Gasteiger partial charge in [-0.25, -0.2) is 9.40 Å². The maximum Gasteiger partial charge on any atom is 0.198 e. The number of hydrogen-bond donors (Lipinski definition) is 0. The molecule has 8 heteroatoms. The number of amidine groups is 1. The van der Waals surface area contributed by atoms with Crippen molar-refractivity contribution in [2.45, 2.75) is 13.1 Å². The Morgan fingerprint density at radius 2 is 1.56 bits per heavy atom. The standard InChI is InChI=1S/C24H21ClFN3O3/c1-15(30)23-27-29(20-9-5-17(25)6-10-20)24(28(23)19-11-7-18(26)8-12-19)16-4-13-21(31-2)22(14-16)32-3/h4-14,24H,1-3H3. The molecule has 0 aromatic heterocycles. The van der Waals surface area contributed by atoms with Gasteiger partial charge in [-0.1, -0.05) is 17.7 Å². The molecule has 0 N–H and O–H groups in total. The summed E-state index contributed by atoms with van der Waals surface area (Å²) in [6.45, 7) is 1.45. The first-order valence-electron chi connectivity index (χ1n) is 9.84. The molecule has 6 nitrogen and oxygen atoms in total. The van der Waals surface area contributed by atoms with E-state index in [9.17, 15) is 9.18 Å². The van der Waals surface area contributed by atoms with E-state index in [0.29, 0.717) is 22.2 Å². The van der Waals surface area contributed by atoms with E-state index in [1.807, 2.05) is 24.3 Å². The molecular formula is C24H21ClFN3O3. The summed E-state index contributed by atoms with van der Waals surface area (Å²) in [6, 6.07) is 18.6. The van der Waals surface area contributed by atoms with Crippen LogP contribution in [0.4, 0.5) is 15.8 Å². The van der Waals surface area contributed by atoms with Crippen molar-refractivity contribution < 1.29 is 18.7 Å². The third-order valence-electron chi connectivity index (χ3n) is 5.12. The molecule has 1 aliphatic rings. The molecule has 1 unspecified atom stereocenters. The molecule has 0 saturated heterocycles. The number of rotatable bonds is 6. The number of benzene rings is 3. The van der Waals surface area contributed by atoms with Crippen LogP contribution in [0, 0.1) is 5.82 Å². The summed E-state index contributed by atoms with van der Waals surface area (Å²) in [6.07, 6.45) is -0.541. The molecule has 4 rings (SSSR count). The van der Waals surface area contributed by atoms with Gasteiger partial charge in [0.1, 0.15) is 5.82 Å². The van der Waals surface area contributed by atoms with Crippen LogP contribution in [0.15, 0.2) is 71.8 Å². The Labute approximate surface area is 190 Å². The molecular weight excluding hydrogens is 433 g/mol. The number of carbonyl (C=O) groups is 1. The van der Waals surface area contributed by atoms with Crippen LogP contribution < -0.4 is 19.4 Å². The predicted octanol–water partition coefficient (Wildman–Crippen LogP) is 5.42. The number of halogens is 2. The molecule has 0 saturated carbocycles. The first-order valence-corrected chi connectivity index (χ1v) is 10.2. The van der Waals surface area contributed by atoms with Gasteiger partial charge >= 0.3 is 0 Å². The topological polar surface area (TPSA) is 54.4 Å². The van der Waals surface area contributed by atoms with Crippen molar-refractivity contribution in [2.24, 2.45) is 5.10 Å². The lowest BCUT2D eigenvalue weighted by Crippen LogP contribution is -2.37. The smallest absolute Gasteiger partial charge is 0.198 e. The maximum atomic E-state index is 13.6. The van der Waals surface area contributed by atoms with Gasteiger partial charge in [-0.2, -0.15) is 0 Å². The molecule has 0 fully saturated rings. The number of nitrogens with zero attached hydrogens (tertiary/aromatic N) is 3. The van der Waals surface area contributed by atoms with E-state index in [-0.39, 0.29) is 17.4 Å². The molecule has 0 aliphatic carbocycles. The van der Waals surface area contributed by atoms with Gasteiger partial charge < -0.3 is 9.47 Å². The van der Waals surface area contributed by atoms with E-state index in [0.717, 1.165) is 11.3 Å². The third-order valence-corrected chi connectivity index (χ3v) is 5.38. The number of ketones is 1. The van der Waals surface area contributed by atoms with Crippen LogP contribution in [0.25, 0.3) is 0 Å². The summed E-state index contributed by atoms with van der Waals surface area (Å²) in [5, 5.41) is 6.96. The minimum Gasteiger partial charge on any atom is -0.493 e. The van der Waals surface area contributed by atoms with Gasteiger partial charge in [0.15, 0.2) is 29.3 Å². The van der Waals surface area contributed by atoms with Crippen LogP contribution in [0.5, 0.6) is 11.5 Å². The first-order chi connectivity index (χ1) is 15.4. The lowest BCUT2D eigenvalue weighted by Gasteiger charge is -2.32. The Hall–Kier alpha value is -3.58. The number of anilines is 2. The van der Waals surface area contributed by atoms with E-state index in [2.05, 4.69) is 5.10 Å². The second-order valence-electron chi connectivity index (χ2n) is 7.14. The van der Waals surface area contributed by atoms with E-state index in [4.69, 9.17) is 21.1 Å². The summed E-state index contributed by atoms with van der Waals surface area (Å²) in [7, 11) is 3.12. The van der Waals surface area contributed by atoms with Crippen LogP contribution in [-0.2, 0) is 4.79 Å². The zero-order valence-corrected chi connectivity index (χ0v) is 18.5. The summed E-state index contributed by atoms with van der Waals surface area (Å²) in [5.41, 5.74) is 2.15. The van der Waals surface area contributed by atoms with Crippen LogP contribution >= 0.6 is 11.6 Å². The average Bonchev–Trinajstić information content (AvgIpc) is 3.20. The van der Waals surface area contributed by atoms with Crippen LogP contribution in [0.2, 0.25) is 5.02 Å². The van der Waals surface area contributed by atoms with Gasteiger partial charge in [0.2, 0.25) is 0 Å². The normalized spacial score (nSPS) is 15.5.